The number of fused-ring (bicyclic) bond motifs is 2. The van der Waals surface area contributed by atoms with Crippen LogP contribution in [0.25, 0.3) is 0 Å². The molecule has 0 unspecified atom stereocenters. The summed E-state index contributed by atoms with van der Waals surface area (Å²) in [4.78, 5) is 13.1. The minimum absolute atomic E-state index is 0.000134. The molecule has 1 atom stereocenters. The van der Waals surface area contributed by atoms with Crippen LogP contribution in [0.2, 0.25) is 0 Å². The first kappa shape index (κ1) is 16.5. The maximum Gasteiger partial charge on any atom is 0.232 e. The van der Waals surface area contributed by atoms with Crippen LogP contribution < -0.4 is 10.1 Å². The van der Waals surface area contributed by atoms with Gasteiger partial charge >= 0.3 is 0 Å². The molecule has 1 amide bonds. The Labute approximate surface area is 152 Å². The van der Waals surface area contributed by atoms with E-state index in [-0.39, 0.29) is 17.9 Å². The molecule has 4 heteroatoms. The number of amides is 1. The third-order valence-corrected chi connectivity index (χ3v) is 4.73. The third-order valence-electron chi connectivity index (χ3n) is 4.73. The Morgan fingerprint density at radius 2 is 1.65 bits per heavy atom. The van der Waals surface area contributed by atoms with E-state index in [1.807, 2.05) is 67.6 Å². The van der Waals surface area contributed by atoms with Gasteiger partial charge in [-0.1, -0.05) is 36.4 Å². The van der Waals surface area contributed by atoms with E-state index in [1.165, 1.54) is 0 Å². The molecular weight excluding hydrogens is 326 g/mol. The fraction of sp³-hybridized carbons (Fsp3) is 0.227. The Hall–Kier alpha value is -3.01. The van der Waals surface area contributed by atoms with Gasteiger partial charge in [0.15, 0.2) is 0 Å². The van der Waals surface area contributed by atoms with Gasteiger partial charge < -0.3 is 14.5 Å². The Kier molecular flexibility index (Phi) is 4.48. The average Bonchev–Trinajstić information content (AvgIpc) is 3.18. The summed E-state index contributed by atoms with van der Waals surface area (Å²) < 4.78 is 11.3. The molecule has 1 aromatic heterocycles. The van der Waals surface area contributed by atoms with Crippen molar-refractivity contribution in [1.29, 1.82) is 0 Å². The molecule has 1 N–H and O–H groups in total. The van der Waals surface area contributed by atoms with Gasteiger partial charge in [-0.15, -0.1) is 0 Å². The first-order chi connectivity index (χ1) is 12.7. The largest absolute Gasteiger partial charge is 0.469 e. The zero-order valence-electron chi connectivity index (χ0n) is 14.6. The van der Waals surface area contributed by atoms with Crippen molar-refractivity contribution < 1.29 is 13.9 Å². The SMILES string of the molecule is C[C@H](CCc1ccco1)NC(=O)C1c2ccccc2Oc2ccccc21. The first-order valence-electron chi connectivity index (χ1n) is 8.91. The van der Waals surface area contributed by atoms with Crippen molar-refractivity contribution in [3.63, 3.8) is 0 Å². The van der Waals surface area contributed by atoms with Gasteiger partial charge in [-0.05, 0) is 37.6 Å². The van der Waals surface area contributed by atoms with Gasteiger partial charge in [-0.25, -0.2) is 0 Å². The monoisotopic (exact) mass is 347 g/mol. The number of hydrogen-bond donors (Lipinski definition) is 1. The zero-order chi connectivity index (χ0) is 17.9. The summed E-state index contributed by atoms with van der Waals surface area (Å²) in [7, 11) is 0. The van der Waals surface area contributed by atoms with Gasteiger partial charge in [0, 0.05) is 23.6 Å². The lowest BCUT2D eigenvalue weighted by molar-refractivity contribution is -0.122. The van der Waals surface area contributed by atoms with Crippen LogP contribution in [0.15, 0.2) is 71.3 Å². The van der Waals surface area contributed by atoms with Gasteiger partial charge in [-0.3, -0.25) is 4.79 Å². The highest BCUT2D eigenvalue weighted by atomic mass is 16.5. The van der Waals surface area contributed by atoms with Crippen LogP contribution in [0.5, 0.6) is 11.5 Å². The molecule has 4 rings (SSSR count). The normalized spacial score (nSPS) is 14.0. The number of rotatable bonds is 5. The van der Waals surface area contributed by atoms with Crippen LogP contribution in [0.4, 0.5) is 0 Å². The number of para-hydroxylation sites is 2. The van der Waals surface area contributed by atoms with E-state index in [0.717, 1.165) is 41.2 Å². The molecule has 1 aliphatic rings. The average molecular weight is 347 g/mol. The van der Waals surface area contributed by atoms with E-state index in [0.29, 0.717) is 0 Å². The number of carbonyl (C=O) groups excluding carboxylic acids is 1. The standard InChI is InChI=1S/C22H21NO3/c1-15(12-13-16-7-6-14-25-16)23-22(24)21-17-8-2-4-10-19(17)26-20-11-5-3-9-18(20)21/h2-11,14-15,21H,12-13H2,1H3,(H,23,24)/t15-/m1/s1. The predicted octanol–water partition coefficient (Wildman–Crippen LogP) is 4.65. The second kappa shape index (κ2) is 7.08. The fourth-order valence-electron chi connectivity index (χ4n) is 3.40. The van der Waals surface area contributed by atoms with Crippen LogP contribution in [0.1, 0.15) is 36.1 Å². The summed E-state index contributed by atoms with van der Waals surface area (Å²) in [5, 5.41) is 3.16. The van der Waals surface area contributed by atoms with E-state index < -0.39 is 0 Å². The molecule has 2 aromatic carbocycles. The smallest absolute Gasteiger partial charge is 0.232 e. The van der Waals surface area contributed by atoms with Crippen molar-refractivity contribution in [2.24, 2.45) is 0 Å². The Morgan fingerprint density at radius 3 is 2.27 bits per heavy atom. The summed E-state index contributed by atoms with van der Waals surface area (Å²) in [6, 6.07) is 19.4. The van der Waals surface area contributed by atoms with Crippen molar-refractivity contribution in [2.45, 2.75) is 31.7 Å². The molecular formula is C22H21NO3. The van der Waals surface area contributed by atoms with Crippen LogP contribution >= 0.6 is 0 Å². The van der Waals surface area contributed by atoms with Crippen molar-refractivity contribution >= 4 is 5.91 Å². The number of aryl methyl sites for hydroxylation is 1. The van der Waals surface area contributed by atoms with Crippen LogP contribution in [-0.4, -0.2) is 11.9 Å². The minimum atomic E-state index is -0.359. The number of benzene rings is 2. The molecule has 4 nitrogen and oxygen atoms in total. The van der Waals surface area contributed by atoms with E-state index in [4.69, 9.17) is 9.15 Å². The second-order valence-corrected chi connectivity index (χ2v) is 6.64. The molecule has 1 aliphatic heterocycles. The van der Waals surface area contributed by atoms with E-state index in [2.05, 4.69) is 5.32 Å². The minimum Gasteiger partial charge on any atom is -0.469 e. The Morgan fingerprint density at radius 1 is 1.00 bits per heavy atom. The lowest BCUT2D eigenvalue weighted by Crippen LogP contribution is -2.37. The van der Waals surface area contributed by atoms with Crippen molar-refractivity contribution in [3.05, 3.63) is 83.8 Å². The Balaban J connectivity index is 1.53. The summed E-state index contributed by atoms with van der Waals surface area (Å²) in [5.74, 6) is 2.07. The van der Waals surface area contributed by atoms with Gasteiger partial charge in [0.2, 0.25) is 5.91 Å². The number of carbonyl (C=O) groups is 1. The molecule has 0 spiro atoms. The van der Waals surface area contributed by atoms with Crippen molar-refractivity contribution in [1.82, 2.24) is 5.32 Å². The predicted molar refractivity (Wildman–Crippen MR) is 99.4 cm³/mol. The lowest BCUT2D eigenvalue weighted by atomic mass is 9.87. The lowest BCUT2D eigenvalue weighted by Gasteiger charge is -2.28. The zero-order valence-corrected chi connectivity index (χ0v) is 14.6. The fourth-order valence-corrected chi connectivity index (χ4v) is 3.40. The molecule has 0 bridgehead atoms. The van der Waals surface area contributed by atoms with Crippen LogP contribution in [0, 0.1) is 0 Å². The molecule has 0 radical (unpaired) electrons. The maximum atomic E-state index is 13.1. The maximum absolute atomic E-state index is 13.1. The second-order valence-electron chi connectivity index (χ2n) is 6.64. The number of nitrogens with one attached hydrogen (secondary N) is 1. The highest BCUT2D eigenvalue weighted by molar-refractivity contribution is 5.89. The summed E-state index contributed by atoms with van der Waals surface area (Å²) in [5.41, 5.74) is 1.81. The quantitative estimate of drug-likeness (QED) is 0.730. The van der Waals surface area contributed by atoms with Gasteiger partial charge in [0.05, 0.1) is 12.2 Å². The summed E-state index contributed by atoms with van der Waals surface area (Å²) in [6.07, 6.45) is 3.30. The van der Waals surface area contributed by atoms with Crippen molar-refractivity contribution in [3.8, 4) is 11.5 Å². The highest BCUT2D eigenvalue weighted by Crippen LogP contribution is 2.43. The molecule has 0 aliphatic carbocycles. The van der Waals surface area contributed by atoms with Crippen LogP contribution in [-0.2, 0) is 11.2 Å². The summed E-state index contributed by atoms with van der Waals surface area (Å²) in [6.45, 7) is 2.03. The molecule has 0 saturated carbocycles. The van der Waals surface area contributed by atoms with E-state index in [9.17, 15) is 4.79 Å². The van der Waals surface area contributed by atoms with Crippen LogP contribution in [0.3, 0.4) is 0 Å². The third kappa shape index (κ3) is 3.23. The molecule has 132 valence electrons. The van der Waals surface area contributed by atoms with Gasteiger partial charge in [0.25, 0.3) is 0 Å². The molecule has 0 fully saturated rings. The van der Waals surface area contributed by atoms with Crippen molar-refractivity contribution in [2.75, 3.05) is 0 Å². The molecule has 3 aromatic rings. The molecule has 26 heavy (non-hydrogen) atoms. The molecule has 2 heterocycles. The highest BCUT2D eigenvalue weighted by Gasteiger charge is 2.32. The number of hydrogen-bond acceptors (Lipinski definition) is 3. The topological polar surface area (TPSA) is 51.5 Å². The molecule has 0 saturated heterocycles. The van der Waals surface area contributed by atoms with E-state index >= 15 is 0 Å². The van der Waals surface area contributed by atoms with E-state index in [1.54, 1.807) is 6.26 Å². The van der Waals surface area contributed by atoms with Gasteiger partial charge in [-0.2, -0.15) is 0 Å². The summed E-state index contributed by atoms with van der Waals surface area (Å²) >= 11 is 0. The van der Waals surface area contributed by atoms with Gasteiger partial charge in [0.1, 0.15) is 17.3 Å². The number of furan rings is 1. The Bertz CT molecular complexity index is 856. The number of ether oxygens (including phenoxy) is 1. The first-order valence-corrected chi connectivity index (χ1v) is 8.91.